The number of thioether (sulfide) groups is 2. The maximum atomic E-state index is 10.3. The molecule has 0 fully saturated rings. The van der Waals surface area contributed by atoms with Crippen molar-refractivity contribution in [1.29, 1.82) is 0 Å². The third-order valence-corrected chi connectivity index (χ3v) is 4.31. The molecule has 1 aromatic rings. The van der Waals surface area contributed by atoms with E-state index in [-0.39, 0.29) is 5.75 Å². The largest absolute Gasteiger partial charge is 0.481 e. The molecule has 0 saturated carbocycles. The van der Waals surface area contributed by atoms with Crippen LogP contribution in [-0.2, 0) is 11.3 Å². The van der Waals surface area contributed by atoms with E-state index in [0.29, 0.717) is 0 Å². The van der Waals surface area contributed by atoms with Gasteiger partial charge in [0, 0.05) is 23.0 Å². The first-order valence-corrected chi connectivity index (χ1v) is 7.79. The zero-order valence-corrected chi connectivity index (χ0v) is 11.8. The fraction of sp³-hybridized carbons (Fsp3) is 0.636. The maximum absolute atomic E-state index is 10.3. The monoisotopic (exact) mass is 274 g/mol. The molecule has 0 atom stereocenters. The van der Waals surface area contributed by atoms with Crippen LogP contribution in [0.15, 0.2) is 6.07 Å². The summed E-state index contributed by atoms with van der Waals surface area (Å²) in [5.41, 5.74) is 2.26. The van der Waals surface area contributed by atoms with Crippen molar-refractivity contribution in [1.82, 2.24) is 9.78 Å². The van der Waals surface area contributed by atoms with E-state index in [1.807, 2.05) is 23.4 Å². The summed E-state index contributed by atoms with van der Waals surface area (Å²) in [7, 11) is 0. The van der Waals surface area contributed by atoms with Crippen LogP contribution < -0.4 is 0 Å². The number of hydrogen-bond acceptors (Lipinski definition) is 4. The molecule has 0 radical (unpaired) electrons. The van der Waals surface area contributed by atoms with Crippen LogP contribution in [0.2, 0.25) is 0 Å². The molecular formula is C11H18N2O2S2. The molecule has 0 saturated heterocycles. The minimum atomic E-state index is -0.734. The van der Waals surface area contributed by atoms with Crippen molar-refractivity contribution in [2.75, 3.05) is 23.0 Å². The van der Waals surface area contributed by atoms with E-state index in [1.165, 1.54) is 17.5 Å². The molecule has 0 aromatic carbocycles. The minimum absolute atomic E-state index is 0.206. The third kappa shape index (κ3) is 6.02. The molecule has 4 nitrogen and oxygen atoms in total. The molecule has 1 heterocycles. The van der Waals surface area contributed by atoms with E-state index in [2.05, 4.69) is 18.1 Å². The van der Waals surface area contributed by atoms with E-state index in [9.17, 15) is 4.79 Å². The van der Waals surface area contributed by atoms with Gasteiger partial charge in [-0.15, -0.1) is 11.8 Å². The number of hydrogen-bond donors (Lipinski definition) is 1. The van der Waals surface area contributed by atoms with Gasteiger partial charge in [0.25, 0.3) is 0 Å². The summed E-state index contributed by atoms with van der Waals surface area (Å²) in [6, 6.07) is 2.08. The van der Waals surface area contributed by atoms with E-state index >= 15 is 0 Å². The van der Waals surface area contributed by atoms with Gasteiger partial charge in [-0.2, -0.15) is 16.9 Å². The van der Waals surface area contributed by atoms with E-state index in [0.717, 1.165) is 29.5 Å². The van der Waals surface area contributed by atoms with Crippen LogP contribution in [0.3, 0.4) is 0 Å². The summed E-state index contributed by atoms with van der Waals surface area (Å²) in [6.45, 7) is 4.99. The van der Waals surface area contributed by atoms with Crippen molar-refractivity contribution in [3.8, 4) is 0 Å². The van der Waals surface area contributed by atoms with Gasteiger partial charge in [0.05, 0.1) is 18.0 Å². The van der Waals surface area contributed by atoms with Gasteiger partial charge < -0.3 is 5.11 Å². The Morgan fingerprint density at radius 1 is 1.35 bits per heavy atom. The van der Waals surface area contributed by atoms with Crippen LogP contribution in [0.1, 0.15) is 11.4 Å². The average Bonchev–Trinajstić information content (AvgIpc) is 2.55. The third-order valence-electron chi connectivity index (χ3n) is 2.15. The molecule has 0 aliphatic carbocycles. The Balaban J connectivity index is 2.04. The zero-order valence-electron chi connectivity index (χ0n) is 10.2. The maximum Gasteiger partial charge on any atom is 0.313 e. The number of rotatable bonds is 8. The van der Waals surface area contributed by atoms with Gasteiger partial charge in [0.1, 0.15) is 0 Å². The van der Waals surface area contributed by atoms with E-state index < -0.39 is 5.97 Å². The lowest BCUT2D eigenvalue weighted by Gasteiger charge is -2.04. The van der Waals surface area contributed by atoms with Crippen molar-refractivity contribution in [2.45, 2.75) is 20.4 Å². The Morgan fingerprint density at radius 3 is 2.65 bits per heavy atom. The standard InChI is InChI=1S/C11H18N2O2S2/c1-9-7-10(2)13(12-9)3-4-16-5-6-17-8-11(14)15/h7H,3-6,8H2,1-2H3,(H,14,15). The minimum Gasteiger partial charge on any atom is -0.481 e. The highest BCUT2D eigenvalue weighted by Gasteiger charge is 2.00. The predicted octanol–water partition coefficient (Wildman–Crippen LogP) is 2.05. The quantitative estimate of drug-likeness (QED) is 0.735. The lowest BCUT2D eigenvalue weighted by atomic mass is 10.4. The number of carbonyl (C=O) groups is 1. The predicted molar refractivity (Wildman–Crippen MR) is 74.0 cm³/mol. The van der Waals surface area contributed by atoms with E-state index in [1.54, 1.807) is 0 Å². The van der Waals surface area contributed by atoms with Crippen molar-refractivity contribution in [2.24, 2.45) is 0 Å². The molecule has 96 valence electrons. The van der Waals surface area contributed by atoms with Crippen LogP contribution in [0.25, 0.3) is 0 Å². The van der Waals surface area contributed by atoms with Gasteiger partial charge >= 0.3 is 5.97 Å². The summed E-state index contributed by atoms with van der Waals surface area (Å²) in [5.74, 6) is 2.39. The number of carboxylic acid groups (broad SMARTS) is 1. The summed E-state index contributed by atoms with van der Waals surface area (Å²) in [4.78, 5) is 10.3. The Labute approximate surface area is 110 Å². The van der Waals surface area contributed by atoms with Crippen molar-refractivity contribution >= 4 is 29.5 Å². The Kier molecular flexibility index (Phi) is 6.50. The molecule has 0 spiro atoms. The summed E-state index contributed by atoms with van der Waals surface area (Å²) in [5, 5.41) is 12.8. The molecule has 17 heavy (non-hydrogen) atoms. The number of aromatic nitrogens is 2. The van der Waals surface area contributed by atoms with Crippen molar-refractivity contribution in [3.05, 3.63) is 17.5 Å². The topological polar surface area (TPSA) is 55.1 Å². The molecule has 0 aliphatic heterocycles. The van der Waals surface area contributed by atoms with E-state index in [4.69, 9.17) is 5.11 Å². The highest BCUT2D eigenvalue weighted by atomic mass is 32.2. The van der Waals surface area contributed by atoms with Gasteiger partial charge in [-0.05, 0) is 19.9 Å². The number of nitrogens with zero attached hydrogens (tertiary/aromatic N) is 2. The van der Waals surface area contributed by atoms with Gasteiger partial charge in [0.15, 0.2) is 0 Å². The van der Waals surface area contributed by atoms with Crippen LogP contribution in [0.5, 0.6) is 0 Å². The number of aliphatic carboxylic acids is 1. The van der Waals surface area contributed by atoms with Crippen molar-refractivity contribution < 1.29 is 9.90 Å². The average molecular weight is 274 g/mol. The Morgan fingerprint density at radius 2 is 2.06 bits per heavy atom. The lowest BCUT2D eigenvalue weighted by Crippen LogP contribution is -2.05. The highest BCUT2D eigenvalue weighted by molar-refractivity contribution is 8.03. The number of aryl methyl sites for hydroxylation is 3. The first kappa shape index (κ1) is 14.4. The second-order valence-electron chi connectivity index (χ2n) is 3.71. The lowest BCUT2D eigenvalue weighted by molar-refractivity contribution is -0.133. The van der Waals surface area contributed by atoms with Gasteiger partial charge in [-0.1, -0.05) is 0 Å². The SMILES string of the molecule is Cc1cc(C)n(CCSCCSCC(=O)O)n1. The van der Waals surface area contributed by atoms with Crippen LogP contribution in [0, 0.1) is 13.8 Å². The molecule has 1 aromatic heterocycles. The summed E-state index contributed by atoms with van der Waals surface area (Å²) in [6.07, 6.45) is 0. The Bertz CT molecular complexity index is 366. The summed E-state index contributed by atoms with van der Waals surface area (Å²) >= 11 is 3.32. The Hall–Kier alpha value is -0.620. The fourth-order valence-corrected chi connectivity index (χ4v) is 3.20. The molecule has 1 N–H and O–H groups in total. The molecule has 0 unspecified atom stereocenters. The zero-order chi connectivity index (χ0) is 12.7. The highest BCUT2D eigenvalue weighted by Crippen LogP contribution is 2.09. The molecular weight excluding hydrogens is 256 g/mol. The second-order valence-corrected chi connectivity index (χ2v) is 6.04. The van der Waals surface area contributed by atoms with Gasteiger partial charge in [-0.3, -0.25) is 9.48 Å². The first-order valence-electron chi connectivity index (χ1n) is 5.48. The van der Waals surface area contributed by atoms with Crippen LogP contribution >= 0.6 is 23.5 Å². The fourth-order valence-electron chi connectivity index (χ4n) is 1.43. The molecule has 6 heteroatoms. The molecule has 1 rings (SSSR count). The molecule has 0 amide bonds. The van der Waals surface area contributed by atoms with Crippen LogP contribution in [-0.4, -0.2) is 43.9 Å². The van der Waals surface area contributed by atoms with Gasteiger partial charge in [0.2, 0.25) is 0 Å². The molecule has 0 aliphatic rings. The summed E-state index contributed by atoms with van der Waals surface area (Å²) < 4.78 is 2.02. The van der Waals surface area contributed by atoms with Crippen LogP contribution in [0.4, 0.5) is 0 Å². The second kappa shape index (κ2) is 7.66. The van der Waals surface area contributed by atoms with Crippen molar-refractivity contribution in [3.63, 3.8) is 0 Å². The smallest absolute Gasteiger partial charge is 0.313 e. The van der Waals surface area contributed by atoms with Gasteiger partial charge in [-0.25, -0.2) is 0 Å². The molecule has 0 bridgehead atoms. The number of carboxylic acids is 1. The first-order chi connectivity index (χ1) is 8.09. The normalized spacial score (nSPS) is 10.7.